The molecule has 1 unspecified atom stereocenters. The lowest BCUT2D eigenvalue weighted by Gasteiger charge is -2.22. The lowest BCUT2D eigenvalue weighted by atomic mass is 10.2. The SMILES string of the molecule is Cn1ccc(CCNC2CC(=O)N(C3CCCC3)C2=O)n1. The first-order chi connectivity index (χ1) is 10.1. The summed E-state index contributed by atoms with van der Waals surface area (Å²) >= 11 is 0. The maximum Gasteiger partial charge on any atom is 0.247 e. The number of likely N-dealkylation sites (tertiary alicyclic amines) is 1. The number of carbonyl (C=O) groups excluding carboxylic acids is 2. The maximum atomic E-state index is 12.4. The summed E-state index contributed by atoms with van der Waals surface area (Å²) in [5, 5.41) is 7.51. The molecule has 0 radical (unpaired) electrons. The van der Waals surface area contributed by atoms with Crippen LogP contribution in [0.3, 0.4) is 0 Å². The van der Waals surface area contributed by atoms with Crippen molar-refractivity contribution < 1.29 is 9.59 Å². The van der Waals surface area contributed by atoms with Crippen molar-refractivity contribution in [2.45, 2.75) is 50.6 Å². The maximum absolute atomic E-state index is 12.4. The summed E-state index contributed by atoms with van der Waals surface area (Å²) in [5.41, 5.74) is 0.995. The molecule has 1 aliphatic carbocycles. The Morgan fingerprint density at radius 3 is 2.76 bits per heavy atom. The number of nitrogens with zero attached hydrogens (tertiary/aromatic N) is 3. The van der Waals surface area contributed by atoms with Crippen molar-refractivity contribution in [1.82, 2.24) is 20.0 Å². The van der Waals surface area contributed by atoms with Crippen LogP contribution in [-0.2, 0) is 23.1 Å². The van der Waals surface area contributed by atoms with Crippen molar-refractivity contribution in [3.8, 4) is 0 Å². The van der Waals surface area contributed by atoms with Gasteiger partial charge in [-0.05, 0) is 18.9 Å². The summed E-state index contributed by atoms with van der Waals surface area (Å²) in [6.07, 6.45) is 7.16. The van der Waals surface area contributed by atoms with Crippen molar-refractivity contribution in [1.29, 1.82) is 0 Å². The largest absolute Gasteiger partial charge is 0.305 e. The number of carbonyl (C=O) groups is 2. The molecule has 1 aliphatic heterocycles. The molecule has 6 heteroatoms. The monoisotopic (exact) mass is 290 g/mol. The normalized spacial score (nSPS) is 23.5. The van der Waals surface area contributed by atoms with Gasteiger partial charge in [-0.25, -0.2) is 0 Å². The van der Waals surface area contributed by atoms with Crippen LogP contribution in [0.4, 0.5) is 0 Å². The zero-order chi connectivity index (χ0) is 14.8. The highest BCUT2D eigenvalue weighted by molar-refractivity contribution is 6.05. The van der Waals surface area contributed by atoms with E-state index in [4.69, 9.17) is 0 Å². The minimum absolute atomic E-state index is 0.0118. The second-order valence-electron chi connectivity index (χ2n) is 5.98. The van der Waals surface area contributed by atoms with Crippen molar-refractivity contribution in [2.75, 3.05) is 6.54 Å². The van der Waals surface area contributed by atoms with Gasteiger partial charge in [0.05, 0.1) is 18.2 Å². The van der Waals surface area contributed by atoms with Crippen LogP contribution in [-0.4, -0.2) is 45.1 Å². The number of imide groups is 1. The Morgan fingerprint density at radius 1 is 1.33 bits per heavy atom. The average Bonchev–Trinajstić information content (AvgIpc) is 3.14. The van der Waals surface area contributed by atoms with Gasteiger partial charge in [-0.15, -0.1) is 0 Å². The van der Waals surface area contributed by atoms with E-state index in [9.17, 15) is 9.59 Å². The summed E-state index contributed by atoms with van der Waals surface area (Å²) in [6, 6.07) is 1.77. The van der Waals surface area contributed by atoms with E-state index in [2.05, 4.69) is 10.4 Å². The Balaban J connectivity index is 1.52. The van der Waals surface area contributed by atoms with Gasteiger partial charge in [0, 0.05) is 32.3 Å². The van der Waals surface area contributed by atoms with Crippen LogP contribution in [0, 0.1) is 0 Å². The molecule has 1 aromatic heterocycles. The van der Waals surface area contributed by atoms with E-state index in [1.165, 1.54) is 4.90 Å². The number of aryl methyl sites for hydroxylation is 1. The van der Waals surface area contributed by atoms with Gasteiger partial charge in [0.25, 0.3) is 0 Å². The third-order valence-electron chi connectivity index (χ3n) is 4.41. The van der Waals surface area contributed by atoms with E-state index in [1.807, 2.05) is 19.3 Å². The number of nitrogens with one attached hydrogen (secondary N) is 1. The highest BCUT2D eigenvalue weighted by Crippen LogP contribution is 2.28. The standard InChI is InChI=1S/C15H22N4O2/c1-18-9-7-11(17-18)6-8-16-13-10-14(20)19(15(13)21)12-4-2-3-5-12/h7,9,12-13,16H,2-6,8,10H2,1H3. The minimum atomic E-state index is -0.346. The second-order valence-corrected chi connectivity index (χ2v) is 5.98. The smallest absolute Gasteiger partial charge is 0.247 e. The van der Waals surface area contributed by atoms with Gasteiger partial charge < -0.3 is 5.32 Å². The topological polar surface area (TPSA) is 67.2 Å². The molecule has 21 heavy (non-hydrogen) atoms. The molecule has 2 heterocycles. The summed E-state index contributed by atoms with van der Waals surface area (Å²) in [5.74, 6) is -0.0462. The van der Waals surface area contributed by atoms with Gasteiger partial charge in [-0.2, -0.15) is 5.10 Å². The van der Waals surface area contributed by atoms with E-state index >= 15 is 0 Å². The minimum Gasteiger partial charge on any atom is -0.305 e. The first-order valence-corrected chi connectivity index (χ1v) is 7.73. The number of hydrogen-bond acceptors (Lipinski definition) is 4. The summed E-state index contributed by atoms with van der Waals surface area (Å²) < 4.78 is 1.77. The summed E-state index contributed by atoms with van der Waals surface area (Å²) in [4.78, 5) is 26.0. The third-order valence-corrected chi connectivity index (χ3v) is 4.41. The van der Waals surface area contributed by atoms with Crippen molar-refractivity contribution in [3.05, 3.63) is 18.0 Å². The van der Waals surface area contributed by atoms with Gasteiger partial charge in [0.1, 0.15) is 0 Å². The van der Waals surface area contributed by atoms with Crippen LogP contribution in [0.25, 0.3) is 0 Å². The van der Waals surface area contributed by atoms with Crippen LogP contribution < -0.4 is 5.32 Å². The quantitative estimate of drug-likeness (QED) is 0.807. The van der Waals surface area contributed by atoms with Gasteiger partial charge in [0.2, 0.25) is 11.8 Å². The summed E-state index contributed by atoms with van der Waals surface area (Å²) in [6.45, 7) is 0.666. The molecule has 0 aromatic carbocycles. The highest BCUT2D eigenvalue weighted by atomic mass is 16.2. The Kier molecular flexibility index (Phi) is 4.05. The average molecular weight is 290 g/mol. The van der Waals surface area contributed by atoms with E-state index in [0.717, 1.165) is 37.8 Å². The zero-order valence-corrected chi connectivity index (χ0v) is 12.4. The van der Waals surface area contributed by atoms with Crippen LogP contribution in [0.1, 0.15) is 37.8 Å². The second kappa shape index (κ2) is 5.97. The van der Waals surface area contributed by atoms with Crippen molar-refractivity contribution in [3.63, 3.8) is 0 Å². The molecule has 2 amide bonds. The van der Waals surface area contributed by atoms with E-state index < -0.39 is 0 Å². The fourth-order valence-corrected chi connectivity index (χ4v) is 3.33. The van der Waals surface area contributed by atoms with E-state index in [-0.39, 0.29) is 23.9 Å². The van der Waals surface area contributed by atoms with Crippen molar-refractivity contribution in [2.24, 2.45) is 7.05 Å². The molecule has 1 atom stereocenters. The molecule has 6 nitrogen and oxygen atoms in total. The molecule has 1 N–H and O–H groups in total. The predicted octanol–water partition coefficient (Wildman–Crippen LogP) is 0.622. The fourth-order valence-electron chi connectivity index (χ4n) is 3.33. The van der Waals surface area contributed by atoms with Crippen LogP contribution in [0.2, 0.25) is 0 Å². The van der Waals surface area contributed by atoms with Crippen LogP contribution in [0.15, 0.2) is 12.3 Å². The van der Waals surface area contributed by atoms with Gasteiger partial charge in [-0.3, -0.25) is 19.2 Å². The molecule has 2 aliphatic rings. The molecule has 0 spiro atoms. The molecule has 1 saturated heterocycles. The van der Waals surface area contributed by atoms with Crippen molar-refractivity contribution >= 4 is 11.8 Å². The number of amides is 2. The lowest BCUT2D eigenvalue weighted by Crippen LogP contribution is -2.43. The first-order valence-electron chi connectivity index (χ1n) is 7.73. The lowest BCUT2D eigenvalue weighted by molar-refractivity contribution is -0.141. The Hall–Kier alpha value is -1.69. The molecular formula is C15H22N4O2. The predicted molar refractivity (Wildman–Crippen MR) is 77.4 cm³/mol. The third kappa shape index (κ3) is 3.00. The number of aromatic nitrogens is 2. The summed E-state index contributed by atoms with van der Waals surface area (Å²) in [7, 11) is 1.88. The van der Waals surface area contributed by atoms with Gasteiger partial charge >= 0.3 is 0 Å². The highest BCUT2D eigenvalue weighted by Gasteiger charge is 2.42. The van der Waals surface area contributed by atoms with Crippen LogP contribution >= 0.6 is 0 Å². The Labute approximate surface area is 124 Å². The number of hydrogen-bond donors (Lipinski definition) is 1. The van der Waals surface area contributed by atoms with Gasteiger partial charge in [-0.1, -0.05) is 12.8 Å². The van der Waals surface area contributed by atoms with Crippen LogP contribution in [0.5, 0.6) is 0 Å². The number of rotatable bonds is 5. The Bertz CT molecular complexity index is 534. The van der Waals surface area contributed by atoms with E-state index in [1.54, 1.807) is 4.68 Å². The molecule has 1 saturated carbocycles. The Morgan fingerprint density at radius 2 is 2.10 bits per heavy atom. The molecular weight excluding hydrogens is 268 g/mol. The molecule has 2 fully saturated rings. The molecule has 3 rings (SSSR count). The zero-order valence-electron chi connectivity index (χ0n) is 12.4. The first kappa shape index (κ1) is 14.3. The molecule has 1 aromatic rings. The fraction of sp³-hybridized carbons (Fsp3) is 0.667. The van der Waals surface area contributed by atoms with Gasteiger partial charge in [0.15, 0.2) is 0 Å². The molecule has 114 valence electrons. The molecule has 0 bridgehead atoms. The van der Waals surface area contributed by atoms with E-state index in [0.29, 0.717) is 13.0 Å².